The number of nitrogens with zero attached hydrogens (tertiary/aromatic N) is 1. The molecule has 2 rings (SSSR count). The van der Waals surface area contributed by atoms with E-state index in [0.717, 1.165) is 15.6 Å². The first-order chi connectivity index (χ1) is 12.9. The van der Waals surface area contributed by atoms with Crippen LogP contribution in [0.25, 0.3) is 0 Å². The minimum Gasteiger partial charge on any atom is -0.493 e. The number of nitrogens with one attached hydrogen (secondary N) is 1. The minimum absolute atomic E-state index is 0.106. The molecule has 5 nitrogen and oxygen atoms in total. The van der Waals surface area contributed by atoms with Crippen molar-refractivity contribution in [3.63, 3.8) is 0 Å². The van der Waals surface area contributed by atoms with E-state index in [1.165, 1.54) is 5.56 Å². The molecule has 0 bridgehead atoms. The summed E-state index contributed by atoms with van der Waals surface area (Å²) in [6.07, 6.45) is 2.02. The van der Waals surface area contributed by atoms with Crippen molar-refractivity contribution in [1.29, 1.82) is 0 Å². The molecule has 0 spiro atoms. The number of methoxy groups -OCH3 is 1. The Kier molecular flexibility index (Phi) is 7.85. The maximum Gasteiger partial charge on any atom is 0.240 e. The highest BCUT2D eigenvalue weighted by Crippen LogP contribution is 2.36. The van der Waals surface area contributed by atoms with Crippen LogP contribution in [0.4, 0.5) is 0 Å². The van der Waals surface area contributed by atoms with Gasteiger partial charge in [-0.3, -0.25) is 4.79 Å². The summed E-state index contributed by atoms with van der Waals surface area (Å²) >= 11 is 3.52. The maximum absolute atomic E-state index is 11.6. The van der Waals surface area contributed by atoms with Crippen LogP contribution in [0.2, 0.25) is 0 Å². The SMILES string of the molecule is COc1cc(/C=N\NC(=O)CC(C)C)cc(Br)c1OCc1ccc(C)cc1. The molecule has 0 aliphatic rings. The number of carbonyl (C=O) groups is 1. The Labute approximate surface area is 168 Å². The second kappa shape index (κ2) is 10.1. The van der Waals surface area contributed by atoms with Gasteiger partial charge in [-0.05, 0) is 52.0 Å². The first kappa shape index (κ1) is 21.0. The molecule has 1 N–H and O–H groups in total. The molecule has 6 heteroatoms. The molecule has 0 unspecified atom stereocenters. The fraction of sp³-hybridized carbons (Fsp3) is 0.333. The lowest BCUT2D eigenvalue weighted by Crippen LogP contribution is -2.19. The molecule has 0 aromatic heterocycles. The van der Waals surface area contributed by atoms with Crippen molar-refractivity contribution >= 4 is 28.1 Å². The summed E-state index contributed by atoms with van der Waals surface area (Å²) in [4.78, 5) is 11.6. The lowest BCUT2D eigenvalue weighted by Gasteiger charge is -2.13. The van der Waals surface area contributed by atoms with E-state index in [9.17, 15) is 4.79 Å². The third kappa shape index (κ3) is 6.71. The molecule has 0 aliphatic carbocycles. The average Bonchev–Trinajstić information content (AvgIpc) is 2.61. The summed E-state index contributed by atoms with van der Waals surface area (Å²) in [7, 11) is 1.59. The molecule has 0 aliphatic heterocycles. The van der Waals surface area contributed by atoms with Crippen LogP contribution in [-0.4, -0.2) is 19.2 Å². The number of hydrogen-bond donors (Lipinski definition) is 1. The Morgan fingerprint density at radius 3 is 2.59 bits per heavy atom. The largest absolute Gasteiger partial charge is 0.493 e. The van der Waals surface area contributed by atoms with Crippen LogP contribution < -0.4 is 14.9 Å². The number of ether oxygens (including phenoxy) is 2. The standard InChI is InChI=1S/C21H25BrN2O3/c1-14(2)9-20(25)24-23-12-17-10-18(22)21(19(11-17)26-4)27-13-16-7-5-15(3)6-8-16/h5-8,10-12,14H,9,13H2,1-4H3,(H,24,25)/b23-12-. The molecule has 0 fully saturated rings. The van der Waals surface area contributed by atoms with Crippen molar-refractivity contribution in [3.8, 4) is 11.5 Å². The van der Waals surface area contributed by atoms with E-state index in [1.807, 2.05) is 38.1 Å². The highest BCUT2D eigenvalue weighted by molar-refractivity contribution is 9.10. The Morgan fingerprint density at radius 1 is 1.26 bits per heavy atom. The first-order valence-corrected chi connectivity index (χ1v) is 9.56. The molecular formula is C21H25BrN2O3. The van der Waals surface area contributed by atoms with Gasteiger partial charge in [0.1, 0.15) is 6.61 Å². The molecule has 0 atom stereocenters. The zero-order chi connectivity index (χ0) is 19.8. The van der Waals surface area contributed by atoms with Gasteiger partial charge in [-0.1, -0.05) is 43.7 Å². The molecule has 1 amide bonds. The van der Waals surface area contributed by atoms with Crippen molar-refractivity contribution < 1.29 is 14.3 Å². The molecule has 0 saturated carbocycles. The molecule has 144 valence electrons. The molecular weight excluding hydrogens is 408 g/mol. The van der Waals surface area contributed by atoms with Crippen LogP contribution in [-0.2, 0) is 11.4 Å². The van der Waals surface area contributed by atoms with Gasteiger partial charge in [0, 0.05) is 6.42 Å². The number of carbonyl (C=O) groups excluding carboxylic acids is 1. The number of benzene rings is 2. The average molecular weight is 433 g/mol. The number of rotatable bonds is 8. The van der Waals surface area contributed by atoms with E-state index >= 15 is 0 Å². The molecule has 0 heterocycles. The summed E-state index contributed by atoms with van der Waals surface area (Å²) in [5, 5.41) is 4.00. The summed E-state index contributed by atoms with van der Waals surface area (Å²) in [5.41, 5.74) is 5.60. The fourth-order valence-electron chi connectivity index (χ4n) is 2.39. The van der Waals surface area contributed by atoms with Gasteiger partial charge < -0.3 is 9.47 Å². The van der Waals surface area contributed by atoms with Crippen molar-refractivity contribution in [2.45, 2.75) is 33.8 Å². The van der Waals surface area contributed by atoms with Crippen LogP contribution in [0.5, 0.6) is 11.5 Å². The summed E-state index contributed by atoms with van der Waals surface area (Å²) in [6.45, 7) is 6.46. The predicted octanol–water partition coefficient (Wildman–Crippen LogP) is 4.84. The highest BCUT2D eigenvalue weighted by atomic mass is 79.9. The van der Waals surface area contributed by atoms with Gasteiger partial charge in [0.05, 0.1) is 17.8 Å². The summed E-state index contributed by atoms with van der Waals surface area (Å²) in [5.74, 6) is 1.40. The van der Waals surface area contributed by atoms with Crippen molar-refractivity contribution in [2.24, 2.45) is 11.0 Å². The zero-order valence-corrected chi connectivity index (χ0v) is 17.7. The lowest BCUT2D eigenvalue weighted by molar-refractivity contribution is -0.121. The van der Waals surface area contributed by atoms with Crippen molar-refractivity contribution in [1.82, 2.24) is 5.43 Å². The number of hydrazone groups is 1. The number of hydrogen-bond acceptors (Lipinski definition) is 4. The Bertz CT molecular complexity index is 802. The third-order valence-corrected chi connectivity index (χ3v) is 4.34. The number of amides is 1. The van der Waals surface area contributed by atoms with Crippen molar-refractivity contribution in [3.05, 3.63) is 57.6 Å². The van der Waals surface area contributed by atoms with E-state index in [2.05, 4.69) is 45.5 Å². The minimum atomic E-state index is -0.106. The van der Waals surface area contributed by atoms with Crippen LogP contribution >= 0.6 is 15.9 Å². The quantitative estimate of drug-likeness (QED) is 0.479. The van der Waals surface area contributed by atoms with Crippen LogP contribution in [0.3, 0.4) is 0 Å². The van der Waals surface area contributed by atoms with E-state index in [4.69, 9.17) is 9.47 Å². The predicted molar refractivity (Wildman–Crippen MR) is 111 cm³/mol. The normalized spacial score (nSPS) is 11.0. The van der Waals surface area contributed by atoms with Gasteiger partial charge in [-0.2, -0.15) is 5.10 Å². The van der Waals surface area contributed by atoms with Gasteiger partial charge in [0.15, 0.2) is 11.5 Å². The van der Waals surface area contributed by atoms with Gasteiger partial charge in [0.25, 0.3) is 0 Å². The van der Waals surface area contributed by atoms with Gasteiger partial charge in [0.2, 0.25) is 5.91 Å². The topological polar surface area (TPSA) is 59.9 Å². The Balaban J connectivity index is 2.07. The zero-order valence-electron chi connectivity index (χ0n) is 16.1. The second-order valence-electron chi connectivity index (χ2n) is 6.70. The van der Waals surface area contributed by atoms with Crippen LogP contribution in [0.15, 0.2) is 46.0 Å². The van der Waals surface area contributed by atoms with Gasteiger partial charge in [-0.25, -0.2) is 5.43 Å². The van der Waals surface area contributed by atoms with Gasteiger partial charge >= 0.3 is 0 Å². The van der Waals surface area contributed by atoms with E-state index in [-0.39, 0.29) is 5.91 Å². The smallest absolute Gasteiger partial charge is 0.240 e. The Hall–Kier alpha value is -2.34. The summed E-state index contributed by atoms with van der Waals surface area (Å²) < 4.78 is 12.1. The number of aryl methyl sites for hydroxylation is 1. The first-order valence-electron chi connectivity index (χ1n) is 8.76. The second-order valence-corrected chi connectivity index (χ2v) is 7.55. The maximum atomic E-state index is 11.6. The van der Waals surface area contributed by atoms with E-state index in [1.54, 1.807) is 13.3 Å². The fourth-order valence-corrected chi connectivity index (χ4v) is 2.96. The van der Waals surface area contributed by atoms with Gasteiger partial charge in [-0.15, -0.1) is 0 Å². The molecule has 0 radical (unpaired) electrons. The van der Waals surface area contributed by atoms with E-state index in [0.29, 0.717) is 30.4 Å². The number of halogens is 1. The van der Waals surface area contributed by atoms with E-state index < -0.39 is 0 Å². The molecule has 0 saturated heterocycles. The molecule has 27 heavy (non-hydrogen) atoms. The van der Waals surface area contributed by atoms with Crippen molar-refractivity contribution in [2.75, 3.05) is 7.11 Å². The van der Waals surface area contributed by atoms with Crippen LogP contribution in [0, 0.1) is 12.8 Å². The molecule has 2 aromatic rings. The summed E-state index contributed by atoms with van der Waals surface area (Å²) in [6, 6.07) is 11.9. The highest BCUT2D eigenvalue weighted by Gasteiger charge is 2.12. The third-order valence-electron chi connectivity index (χ3n) is 3.75. The monoisotopic (exact) mass is 432 g/mol. The van der Waals surface area contributed by atoms with Crippen LogP contribution in [0.1, 0.15) is 37.0 Å². The lowest BCUT2D eigenvalue weighted by atomic mass is 10.1. The Morgan fingerprint density at radius 2 is 1.96 bits per heavy atom. The molecule has 2 aromatic carbocycles.